The van der Waals surface area contributed by atoms with Crippen LogP contribution >= 0.6 is 15.9 Å². The lowest BCUT2D eigenvalue weighted by Crippen LogP contribution is -1.98. The van der Waals surface area contributed by atoms with E-state index in [2.05, 4.69) is 21.9 Å². The summed E-state index contributed by atoms with van der Waals surface area (Å²) in [6, 6.07) is 3.66. The van der Waals surface area contributed by atoms with Crippen molar-refractivity contribution in [3.63, 3.8) is 0 Å². The van der Waals surface area contributed by atoms with Crippen LogP contribution in [-0.2, 0) is 4.79 Å². The van der Waals surface area contributed by atoms with Crippen LogP contribution in [0.25, 0.3) is 6.08 Å². The quantitative estimate of drug-likeness (QED) is 0.686. The molecule has 1 rings (SSSR count). The monoisotopic (exact) mass is 294 g/mol. The van der Waals surface area contributed by atoms with Gasteiger partial charge in [0.05, 0.1) is 0 Å². The highest BCUT2D eigenvalue weighted by Crippen LogP contribution is 2.29. The Bertz CT molecular complexity index is 498. The number of hydrogen-bond acceptors (Lipinski definition) is 2. The second-order valence-corrected chi connectivity index (χ2v) is 4.22. The number of halogens is 1. The third-order valence-electron chi connectivity index (χ3n) is 1.97. The predicted molar refractivity (Wildman–Crippen MR) is 69.9 cm³/mol. The SMILES string of the molecule is C#CCOc1c(C)cc(Br)cc1/C=C/C(=O)O. The van der Waals surface area contributed by atoms with Gasteiger partial charge in [-0.1, -0.05) is 21.9 Å². The molecule has 0 spiro atoms. The van der Waals surface area contributed by atoms with Crippen molar-refractivity contribution in [2.24, 2.45) is 0 Å². The number of carboxylic acid groups (broad SMARTS) is 1. The number of terminal acetylenes is 1. The molecule has 0 amide bonds. The fourth-order valence-corrected chi connectivity index (χ4v) is 1.94. The lowest BCUT2D eigenvalue weighted by atomic mass is 10.1. The molecule has 0 saturated carbocycles. The first-order chi connectivity index (χ1) is 8.04. The Morgan fingerprint density at radius 1 is 1.65 bits per heavy atom. The lowest BCUT2D eigenvalue weighted by molar-refractivity contribution is -0.131. The van der Waals surface area contributed by atoms with Crippen LogP contribution in [0.3, 0.4) is 0 Å². The van der Waals surface area contributed by atoms with Crippen LogP contribution in [0, 0.1) is 19.3 Å². The zero-order valence-corrected chi connectivity index (χ0v) is 10.8. The number of aliphatic carboxylic acids is 1. The molecule has 1 aromatic rings. The number of hydrogen-bond donors (Lipinski definition) is 1. The Hall–Kier alpha value is -1.73. The van der Waals surface area contributed by atoms with Gasteiger partial charge in [-0.3, -0.25) is 0 Å². The summed E-state index contributed by atoms with van der Waals surface area (Å²) in [6.07, 6.45) is 7.67. The maximum atomic E-state index is 10.5. The van der Waals surface area contributed by atoms with Gasteiger partial charge in [0.2, 0.25) is 0 Å². The van der Waals surface area contributed by atoms with Crippen LogP contribution in [-0.4, -0.2) is 17.7 Å². The van der Waals surface area contributed by atoms with Crippen molar-refractivity contribution in [2.75, 3.05) is 6.61 Å². The topological polar surface area (TPSA) is 46.5 Å². The molecule has 0 bridgehead atoms. The van der Waals surface area contributed by atoms with Gasteiger partial charge in [-0.15, -0.1) is 6.42 Å². The van der Waals surface area contributed by atoms with E-state index in [1.54, 1.807) is 6.07 Å². The first-order valence-electron chi connectivity index (χ1n) is 4.82. The molecule has 88 valence electrons. The van der Waals surface area contributed by atoms with Crippen molar-refractivity contribution in [2.45, 2.75) is 6.92 Å². The van der Waals surface area contributed by atoms with Crippen molar-refractivity contribution >= 4 is 28.0 Å². The molecule has 0 saturated heterocycles. The first-order valence-corrected chi connectivity index (χ1v) is 5.61. The molecular formula is C13H11BrO3. The molecule has 0 radical (unpaired) electrons. The van der Waals surface area contributed by atoms with Crippen molar-refractivity contribution in [3.8, 4) is 18.1 Å². The van der Waals surface area contributed by atoms with Crippen LogP contribution in [0.15, 0.2) is 22.7 Å². The Labute approximate surface area is 108 Å². The van der Waals surface area contributed by atoms with Crippen LogP contribution in [0.5, 0.6) is 5.75 Å². The molecule has 1 N–H and O–H groups in total. The molecule has 0 unspecified atom stereocenters. The van der Waals surface area contributed by atoms with E-state index in [4.69, 9.17) is 16.3 Å². The maximum Gasteiger partial charge on any atom is 0.328 e. The minimum Gasteiger partial charge on any atom is -0.480 e. The summed E-state index contributed by atoms with van der Waals surface area (Å²) >= 11 is 3.35. The number of aryl methyl sites for hydroxylation is 1. The van der Waals surface area contributed by atoms with Crippen LogP contribution in [0.2, 0.25) is 0 Å². The van der Waals surface area contributed by atoms with Gasteiger partial charge in [-0.05, 0) is 30.7 Å². The summed E-state index contributed by atoms with van der Waals surface area (Å²) in [5, 5.41) is 8.61. The van der Waals surface area contributed by atoms with E-state index in [0.29, 0.717) is 11.3 Å². The molecule has 1 aromatic carbocycles. The smallest absolute Gasteiger partial charge is 0.328 e. The Kier molecular flexibility index (Phi) is 4.80. The molecule has 3 nitrogen and oxygen atoms in total. The number of rotatable bonds is 4. The molecule has 0 atom stereocenters. The molecule has 0 aromatic heterocycles. The van der Waals surface area contributed by atoms with Crippen molar-refractivity contribution in [1.82, 2.24) is 0 Å². The minimum absolute atomic E-state index is 0.149. The minimum atomic E-state index is -1.01. The zero-order valence-electron chi connectivity index (χ0n) is 9.24. The molecule has 4 heteroatoms. The molecule has 0 aliphatic rings. The summed E-state index contributed by atoms with van der Waals surface area (Å²) < 4.78 is 6.26. The van der Waals surface area contributed by atoms with E-state index in [9.17, 15) is 4.79 Å². The highest BCUT2D eigenvalue weighted by atomic mass is 79.9. The largest absolute Gasteiger partial charge is 0.480 e. The maximum absolute atomic E-state index is 10.5. The summed E-state index contributed by atoms with van der Waals surface area (Å²) in [5.41, 5.74) is 1.56. The average molecular weight is 295 g/mol. The standard InChI is InChI=1S/C13H11BrO3/c1-3-6-17-13-9(2)7-11(14)8-10(13)4-5-12(15)16/h1,4-5,7-8H,6H2,2H3,(H,15,16)/b5-4+. The van der Waals surface area contributed by atoms with Gasteiger partial charge in [0.25, 0.3) is 0 Å². The van der Waals surface area contributed by atoms with Gasteiger partial charge in [0.1, 0.15) is 12.4 Å². The summed E-state index contributed by atoms with van der Waals surface area (Å²) in [6.45, 7) is 2.02. The summed E-state index contributed by atoms with van der Waals surface area (Å²) in [5.74, 6) is 1.97. The van der Waals surface area contributed by atoms with Gasteiger partial charge >= 0.3 is 5.97 Å². The van der Waals surface area contributed by atoms with Gasteiger partial charge in [0, 0.05) is 16.1 Å². The molecule has 0 fully saturated rings. The summed E-state index contributed by atoms with van der Waals surface area (Å²) in [7, 11) is 0. The Morgan fingerprint density at radius 3 is 2.94 bits per heavy atom. The fraction of sp³-hybridized carbons (Fsp3) is 0.154. The third-order valence-corrected chi connectivity index (χ3v) is 2.43. The van der Waals surface area contributed by atoms with Gasteiger partial charge in [0.15, 0.2) is 0 Å². The highest BCUT2D eigenvalue weighted by Gasteiger charge is 2.07. The van der Waals surface area contributed by atoms with Crippen LogP contribution < -0.4 is 4.74 Å². The number of carboxylic acids is 1. The van der Waals surface area contributed by atoms with E-state index in [-0.39, 0.29) is 6.61 Å². The molecule has 0 aliphatic carbocycles. The summed E-state index contributed by atoms with van der Waals surface area (Å²) in [4.78, 5) is 10.5. The third kappa shape index (κ3) is 3.97. The van der Waals surface area contributed by atoms with Crippen LogP contribution in [0.1, 0.15) is 11.1 Å². The number of carbonyl (C=O) groups is 1. The second-order valence-electron chi connectivity index (χ2n) is 3.31. The first kappa shape index (κ1) is 13.3. The molecule has 0 aliphatic heterocycles. The van der Waals surface area contributed by atoms with E-state index in [1.165, 1.54) is 6.08 Å². The van der Waals surface area contributed by atoms with Crippen molar-refractivity contribution in [1.29, 1.82) is 0 Å². The van der Waals surface area contributed by atoms with Gasteiger partial charge < -0.3 is 9.84 Å². The normalized spacial score (nSPS) is 10.2. The van der Waals surface area contributed by atoms with Crippen molar-refractivity contribution in [3.05, 3.63) is 33.8 Å². The second kappa shape index (κ2) is 6.12. The number of benzene rings is 1. The lowest BCUT2D eigenvalue weighted by Gasteiger charge is -2.10. The Morgan fingerprint density at radius 2 is 2.35 bits per heavy atom. The zero-order chi connectivity index (χ0) is 12.8. The average Bonchev–Trinajstić information content (AvgIpc) is 2.24. The van der Waals surface area contributed by atoms with E-state index >= 15 is 0 Å². The van der Waals surface area contributed by atoms with E-state index in [0.717, 1.165) is 16.1 Å². The van der Waals surface area contributed by atoms with Gasteiger partial charge in [-0.2, -0.15) is 0 Å². The predicted octanol–water partition coefficient (Wildman–Crippen LogP) is 2.87. The van der Waals surface area contributed by atoms with E-state index < -0.39 is 5.97 Å². The Balaban J connectivity index is 3.16. The highest BCUT2D eigenvalue weighted by molar-refractivity contribution is 9.10. The fourth-order valence-electron chi connectivity index (χ4n) is 1.35. The van der Waals surface area contributed by atoms with Gasteiger partial charge in [-0.25, -0.2) is 4.79 Å². The molecule has 0 heterocycles. The van der Waals surface area contributed by atoms with E-state index in [1.807, 2.05) is 13.0 Å². The molecule has 17 heavy (non-hydrogen) atoms. The molecular weight excluding hydrogens is 284 g/mol. The number of ether oxygens (including phenoxy) is 1. The van der Waals surface area contributed by atoms with Crippen molar-refractivity contribution < 1.29 is 14.6 Å². The van der Waals surface area contributed by atoms with Crippen LogP contribution in [0.4, 0.5) is 0 Å².